The zero-order valence-electron chi connectivity index (χ0n) is 8.66. The van der Waals surface area contributed by atoms with Gasteiger partial charge in [0.05, 0.1) is 6.04 Å². The first-order valence-electron chi connectivity index (χ1n) is 5.22. The van der Waals surface area contributed by atoms with Gasteiger partial charge in [0.1, 0.15) is 0 Å². The van der Waals surface area contributed by atoms with Crippen LogP contribution in [0.15, 0.2) is 24.3 Å². The number of amides is 1. The van der Waals surface area contributed by atoms with Crippen LogP contribution < -0.4 is 5.32 Å². The van der Waals surface area contributed by atoms with Crippen molar-refractivity contribution in [2.75, 3.05) is 0 Å². The molecular weight excluding hydrogens is 301 g/mol. The van der Waals surface area contributed by atoms with Crippen molar-refractivity contribution in [3.63, 3.8) is 0 Å². The first-order valence-corrected chi connectivity index (χ1v) is 6.30. The average Bonchev–Trinajstić information content (AvgIpc) is 3.01. The molecule has 0 unspecified atom stereocenters. The highest BCUT2D eigenvalue weighted by Gasteiger charge is 2.30. The fraction of sp³-hybridized carbons (Fsp3) is 0.417. The minimum atomic E-state index is 0.120. The SMILES string of the molecule is C[C@H](NC(=O)C1CC1)c1ccc(I)cc1. The molecular formula is C12H14INO. The van der Waals surface area contributed by atoms with Gasteiger partial charge in [0.15, 0.2) is 0 Å². The van der Waals surface area contributed by atoms with Crippen LogP contribution in [0.25, 0.3) is 0 Å². The standard InChI is InChI=1S/C12H14INO/c1-8(14-12(15)10-2-3-10)9-4-6-11(13)7-5-9/h4-8,10H,2-3H2,1H3,(H,14,15)/t8-/m0/s1. The van der Waals surface area contributed by atoms with E-state index in [0.29, 0.717) is 0 Å². The normalized spacial score (nSPS) is 17.2. The van der Waals surface area contributed by atoms with Crippen molar-refractivity contribution in [3.05, 3.63) is 33.4 Å². The predicted octanol–water partition coefficient (Wildman–Crippen LogP) is 2.88. The van der Waals surface area contributed by atoms with Crippen LogP contribution in [0, 0.1) is 9.49 Å². The fourth-order valence-corrected chi connectivity index (χ4v) is 1.87. The highest BCUT2D eigenvalue weighted by Crippen LogP contribution is 2.29. The number of halogens is 1. The molecule has 1 amide bonds. The zero-order chi connectivity index (χ0) is 10.8. The van der Waals surface area contributed by atoms with Crippen LogP contribution >= 0.6 is 22.6 Å². The van der Waals surface area contributed by atoms with E-state index in [1.54, 1.807) is 0 Å². The van der Waals surface area contributed by atoms with E-state index in [4.69, 9.17) is 0 Å². The van der Waals surface area contributed by atoms with E-state index in [2.05, 4.69) is 52.2 Å². The van der Waals surface area contributed by atoms with Gasteiger partial charge in [0.25, 0.3) is 0 Å². The lowest BCUT2D eigenvalue weighted by Crippen LogP contribution is -2.27. The maximum absolute atomic E-state index is 11.5. The van der Waals surface area contributed by atoms with Crippen LogP contribution in [0.2, 0.25) is 0 Å². The van der Waals surface area contributed by atoms with Gasteiger partial charge < -0.3 is 5.32 Å². The lowest BCUT2D eigenvalue weighted by atomic mass is 10.1. The Morgan fingerprint density at radius 1 is 1.40 bits per heavy atom. The van der Waals surface area contributed by atoms with Gasteiger partial charge >= 0.3 is 0 Å². The molecule has 0 bridgehead atoms. The number of benzene rings is 1. The highest BCUT2D eigenvalue weighted by atomic mass is 127. The minimum absolute atomic E-state index is 0.120. The van der Waals surface area contributed by atoms with Crippen molar-refractivity contribution in [2.45, 2.75) is 25.8 Å². The van der Waals surface area contributed by atoms with Crippen LogP contribution in [0.1, 0.15) is 31.4 Å². The Balaban J connectivity index is 1.97. The number of nitrogens with one attached hydrogen (secondary N) is 1. The van der Waals surface area contributed by atoms with E-state index in [1.165, 1.54) is 9.13 Å². The molecule has 1 aromatic carbocycles. The summed E-state index contributed by atoms with van der Waals surface area (Å²) in [6.07, 6.45) is 2.12. The van der Waals surface area contributed by atoms with Crippen LogP contribution in [0.5, 0.6) is 0 Å². The maximum Gasteiger partial charge on any atom is 0.223 e. The van der Waals surface area contributed by atoms with E-state index in [9.17, 15) is 4.79 Å². The topological polar surface area (TPSA) is 29.1 Å². The van der Waals surface area contributed by atoms with Gasteiger partial charge in [0.2, 0.25) is 5.91 Å². The number of rotatable bonds is 3. The molecule has 1 saturated carbocycles. The largest absolute Gasteiger partial charge is 0.349 e. The highest BCUT2D eigenvalue weighted by molar-refractivity contribution is 14.1. The van der Waals surface area contributed by atoms with E-state index in [1.807, 2.05) is 6.92 Å². The van der Waals surface area contributed by atoms with Gasteiger partial charge in [0, 0.05) is 9.49 Å². The monoisotopic (exact) mass is 315 g/mol. The molecule has 2 nitrogen and oxygen atoms in total. The summed E-state index contributed by atoms with van der Waals surface area (Å²) in [6.45, 7) is 2.03. The van der Waals surface area contributed by atoms with E-state index in [-0.39, 0.29) is 17.9 Å². The lowest BCUT2D eigenvalue weighted by Gasteiger charge is -2.14. The Kier molecular flexibility index (Phi) is 3.29. The third-order valence-electron chi connectivity index (χ3n) is 2.68. The molecule has 80 valence electrons. The van der Waals surface area contributed by atoms with E-state index >= 15 is 0 Å². The van der Waals surface area contributed by atoms with E-state index in [0.717, 1.165) is 12.8 Å². The summed E-state index contributed by atoms with van der Waals surface area (Å²) in [4.78, 5) is 11.5. The van der Waals surface area contributed by atoms with E-state index < -0.39 is 0 Å². The summed E-state index contributed by atoms with van der Waals surface area (Å²) in [7, 11) is 0. The Morgan fingerprint density at radius 2 is 2.00 bits per heavy atom. The molecule has 0 saturated heterocycles. The quantitative estimate of drug-likeness (QED) is 0.854. The molecule has 1 aliphatic carbocycles. The van der Waals surface area contributed by atoms with Crippen molar-refractivity contribution in [1.82, 2.24) is 5.32 Å². The third kappa shape index (κ3) is 2.93. The zero-order valence-corrected chi connectivity index (χ0v) is 10.8. The van der Waals surface area contributed by atoms with Crippen molar-refractivity contribution < 1.29 is 4.79 Å². The number of carbonyl (C=O) groups is 1. The molecule has 0 aliphatic heterocycles. The number of carbonyl (C=O) groups excluding carboxylic acids is 1. The first-order chi connectivity index (χ1) is 7.16. The molecule has 0 heterocycles. The summed E-state index contributed by atoms with van der Waals surface area (Å²) in [5, 5.41) is 3.04. The minimum Gasteiger partial charge on any atom is -0.349 e. The van der Waals surface area contributed by atoms with Crippen molar-refractivity contribution in [3.8, 4) is 0 Å². The fourth-order valence-electron chi connectivity index (χ4n) is 1.51. The molecule has 1 fully saturated rings. The van der Waals surface area contributed by atoms with Crippen LogP contribution in [0.3, 0.4) is 0 Å². The van der Waals surface area contributed by atoms with Crippen LogP contribution in [-0.4, -0.2) is 5.91 Å². The third-order valence-corrected chi connectivity index (χ3v) is 3.40. The molecule has 0 spiro atoms. The molecule has 0 radical (unpaired) electrons. The van der Waals surface area contributed by atoms with Gasteiger partial charge in [-0.3, -0.25) is 4.79 Å². The van der Waals surface area contributed by atoms with Gasteiger partial charge in [-0.05, 0) is 60.1 Å². The second-order valence-corrected chi connectivity index (χ2v) is 5.30. The molecule has 1 atom stereocenters. The summed E-state index contributed by atoms with van der Waals surface area (Å²) in [5.41, 5.74) is 1.17. The lowest BCUT2D eigenvalue weighted by molar-refractivity contribution is -0.122. The number of hydrogen-bond donors (Lipinski definition) is 1. The second-order valence-electron chi connectivity index (χ2n) is 4.06. The van der Waals surface area contributed by atoms with Crippen molar-refractivity contribution in [2.24, 2.45) is 5.92 Å². The molecule has 1 aliphatic rings. The maximum atomic E-state index is 11.5. The first kappa shape index (κ1) is 10.9. The summed E-state index contributed by atoms with van der Waals surface area (Å²) in [5.74, 6) is 0.498. The van der Waals surface area contributed by atoms with Crippen molar-refractivity contribution in [1.29, 1.82) is 0 Å². The number of hydrogen-bond acceptors (Lipinski definition) is 1. The predicted molar refractivity (Wildman–Crippen MR) is 68.4 cm³/mol. The molecule has 0 aromatic heterocycles. The van der Waals surface area contributed by atoms with Crippen LogP contribution in [0.4, 0.5) is 0 Å². The molecule has 1 aromatic rings. The summed E-state index contributed by atoms with van der Waals surface area (Å²) in [6, 6.07) is 8.39. The Labute approximate surface area is 104 Å². The van der Waals surface area contributed by atoms with Gasteiger partial charge in [-0.25, -0.2) is 0 Å². The van der Waals surface area contributed by atoms with Crippen molar-refractivity contribution >= 4 is 28.5 Å². The molecule has 15 heavy (non-hydrogen) atoms. The molecule has 3 heteroatoms. The Bertz CT molecular complexity index is 356. The Morgan fingerprint density at radius 3 is 2.53 bits per heavy atom. The molecule has 1 N–H and O–H groups in total. The summed E-state index contributed by atoms with van der Waals surface area (Å²) >= 11 is 2.28. The van der Waals surface area contributed by atoms with Gasteiger partial charge in [-0.2, -0.15) is 0 Å². The van der Waals surface area contributed by atoms with Gasteiger partial charge in [-0.15, -0.1) is 0 Å². The molecule has 2 rings (SSSR count). The summed E-state index contributed by atoms with van der Waals surface area (Å²) < 4.78 is 1.22. The van der Waals surface area contributed by atoms with Crippen LogP contribution in [-0.2, 0) is 4.79 Å². The van der Waals surface area contributed by atoms with Gasteiger partial charge in [-0.1, -0.05) is 12.1 Å². The average molecular weight is 315 g/mol. The second kappa shape index (κ2) is 4.51. The Hall–Kier alpha value is -0.580. The smallest absolute Gasteiger partial charge is 0.223 e.